The number of aliphatic hydroxyl groups excluding tert-OH is 4. The van der Waals surface area contributed by atoms with Gasteiger partial charge < -0.3 is 29.9 Å². The maximum absolute atomic E-state index is 10.3. The molecule has 146 valence electrons. The Balaban J connectivity index is 1.80. The van der Waals surface area contributed by atoms with Crippen LogP contribution in [-0.2, 0) is 11.2 Å². The van der Waals surface area contributed by atoms with Crippen molar-refractivity contribution in [3.8, 4) is 5.75 Å². The lowest BCUT2D eigenvalue weighted by atomic mass is 9.90. The number of ether oxygens (including phenoxy) is 2. The van der Waals surface area contributed by atoms with Crippen LogP contribution in [0.4, 0.5) is 0 Å². The molecule has 0 radical (unpaired) electrons. The number of methoxy groups -OCH3 is 1. The first kappa shape index (κ1) is 16.3. The van der Waals surface area contributed by atoms with Gasteiger partial charge in [0.2, 0.25) is 0 Å². The maximum Gasteiger partial charge on any atom is 0.118 e. The van der Waals surface area contributed by atoms with Gasteiger partial charge in [-0.25, -0.2) is 0 Å². The quantitative estimate of drug-likeness (QED) is 0.609. The number of aliphatic hydroxyl groups is 4. The van der Waals surface area contributed by atoms with Gasteiger partial charge in [0.1, 0.15) is 36.3 Å². The van der Waals surface area contributed by atoms with Crippen LogP contribution in [0.3, 0.4) is 0 Å². The average molecular weight is 398 g/mol. The maximum atomic E-state index is 10.3. The molecular formula is C20H23ClO6. The van der Waals surface area contributed by atoms with Crippen molar-refractivity contribution in [3.05, 3.63) is 64.2 Å². The van der Waals surface area contributed by atoms with Gasteiger partial charge in [-0.1, -0.05) is 35.9 Å². The van der Waals surface area contributed by atoms with Crippen molar-refractivity contribution in [2.75, 3.05) is 13.6 Å². The molecule has 6 nitrogen and oxygen atoms in total. The molecule has 0 bridgehead atoms. The molecule has 1 heterocycles. The number of hydrogen-bond acceptors (Lipinski definition) is 6. The molecule has 0 saturated carbocycles. The normalized spacial score (nSPS) is 30.3. The van der Waals surface area contributed by atoms with Crippen LogP contribution in [-0.4, -0.2) is 58.5 Å². The summed E-state index contributed by atoms with van der Waals surface area (Å²) in [5.74, 6) is 0.222. The van der Waals surface area contributed by atoms with Crippen LogP contribution in [0.5, 0.6) is 5.75 Å². The zero-order valence-corrected chi connectivity index (χ0v) is 15.1. The molecule has 1 aliphatic rings. The zero-order valence-electron chi connectivity index (χ0n) is 17.3. The zero-order chi connectivity index (χ0) is 22.1. The minimum atomic E-state index is -2.52. The Morgan fingerprint density at radius 3 is 2.48 bits per heavy atom. The minimum absolute atomic E-state index is 0.222. The molecule has 0 aromatic heterocycles. The molecule has 4 N–H and O–H groups in total. The highest BCUT2D eigenvalue weighted by atomic mass is 35.5. The smallest absolute Gasteiger partial charge is 0.118 e. The highest BCUT2D eigenvalue weighted by Gasteiger charge is 2.43. The second kappa shape index (κ2) is 8.56. The first-order valence-electron chi connectivity index (χ1n) is 9.96. The topological polar surface area (TPSA) is 99.4 Å². The summed E-state index contributed by atoms with van der Waals surface area (Å²) >= 11 is 6.32. The van der Waals surface area contributed by atoms with Crippen LogP contribution in [0.25, 0.3) is 0 Å². The Morgan fingerprint density at radius 1 is 1.07 bits per heavy atom. The third-order valence-electron chi connectivity index (χ3n) is 4.73. The summed E-state index contributed by atoms with van der Waals surface area (Å²) in [6.07, 6.45) is -5.81. The summed E-state index contributed by atoms with van der Waals surface area (Å²) in [7, 11) is -2.52. The van der Waals surface area contributed by atoms with Crippen molar-refractivity contribution in [1.82, 2.24) is 0 Å². The first-order chi connectivity index (χ1) is 14.1. The summed E-state index contributed by atoms with van der Waals surface area (Å²) in [5, 5.41) is 40.2. The Kier molecular flexibility index (Phi) is 5.17. The van der Waals surface area contributed by atoms with Crippen LogP contribution in [0, 0.1) is 0 Å². The van der Waals surface area contributed by atoms with Crippen LogP contribution in [0.15, 0.2) is 42.5 Å². The molecule has 7 heteroatoms. The van der Waals surface area contributed by atoms with Gasteiger partial charge in [0.25, 0.3) is 0 Å². The lowest BCUT2D eigenvalue weighted by Gasteiger charge is -2.40. The van der Waals surface area contributed by atoms with E-state index < -0.39 is 44.2 Å². The largest absolute Gasteiger partial charge is 0.497 e. The van der Waals surface area contributed by atoms with E-state index in [0.717, 1.165) is 11.1 Å². The van der Waals surface area contributed by atoms with E-state index in [0.29, 0.717) is 17.0 Å². The van der Waals surface area contributed by atoms with Crippen molar-refractivity contribution in [2.24, 2.45) is 0 Å². The summed E-state index contributed by atoms with van der Waals surface area (Å²) < 4.78 is 31.9. The molecule has 5 atom stereocenters. The van der Waals surface area contributed by atoms with Crippen molar-refractivity contribution in [1.29, 1.82) is 0 Å². The van der Waals surface area contributed by atoms with E-state index in [1.807, 2.05) is 0 Å². The Labute approximate surface area is 166 Å². The van der Waals surface area contributed by atoms with Gasteiger partial charge in [-0.15, -0.1) is 0 Å². The molecule has 27 heavy (non-hydrogen) atoms. The van der Waals surface area contributed by atoms with E-state index in [1.165, 1.54) is 0 Å². The second-order valence-corrected chi connectivity index (χ2v) is 6.93. The third kappa shape index (κ3) is 4.27. The molecule has 0 aliphatic carbocycles. The minimum Gasteiger partial charge on any atom is -0.497 e. The monoisotopic (exact) mass is 397 g/mol. The van der Waals surface area contributed by atoms with E-state index in [2.05, 4.69) is 0 Å². The van der Waals surface area contributed by atoms with Gasteiger partial charge in [0.05, 0.1) is 17.8 Å². The summed E-state index contributed by atoms with van der Waals surface area (Å²) in [4.78, 5) is 0. The standard InChI is InChI=1S/C20H23ClO6/c1-26-14-5-2-11(3-6-14)8-13-9-12(4-7-15(13)21)20-19(25)18(24)17(23)16(10-22)27-20/h2-7,9,16-20,22-25H,8,10H2,1H3/t16-,17-,18+,19-,20+/m1/s1/i1D3. The van der Waals surface area contributed by atoms with Crippen LogP contribution in [0.2, 0.25) is 5.02 Å². The van der Waals surface area contributed by atoms with Crippen LogP contribution < -0.4 is 4.74 Å². The molecule has 1 aliphatic heterocycles. The van der Waals surface area contributed by atoms with Gasteiger partial charge in [-0.3, -0.25) is 0 Å². The second-order valence-electron chi connectivity index (χ2n) is 6.52. The highest BCUT2D eigenvalue weighted by Crippen LogP contribution is 2.34. The molecule has 2 aromatic carbocycles. The number of hydrogen-bond donors (Lipinski definition) is 4. The van der Waals surface area contributed by atoms with E-state index in [4.69, 9.17) is 25.2 Å². The number of halogens is 1. The molecule has 0 unspecified atom stereocenters. The van der Waals surface area contributed by atoms with Gasteiger partial charge in [-0.05, 0) is 41.3 Å². The Bertz CT molecular complexity index is 859. The molecule has 1 fully saturated rings. The molecule has 0 spiro atoms. The van der Waals surface area contributed by atoms with Crippen molar-refractivity contribution in [2.45, 2.75) is 36.9 Å². The summed E-state index contributed by atoms with van der Waals surface area (Å²) in [6.45, 7) is -0.507. The van der Waals surface area contributed by atoms with Crippen LogP contribution >= 0.6 is 11.6 Å². The molecular weight excluding hydrogens is 372 g/mol. The van der Waals surface area contributed by atoms with E-state index >= 15 is 0 Å². The van der Waals surface area contributed by atoms with Crippen LogP contribution in [0.1, 0.15) is 26.9 Å². The van der Waals surface area contributed by atoms with Crippen molar-refractivity contribution < 1.29 is 34.0 Å². The Hall–Kier alpha value is -1.67. The van der Waals surface area contributed by atoms with E-state index in [1.54, 1.807) is 42.5 Å². The summed E-state index contributed by atoms with van der Waals surface area (Å²) in [6, 6.07) is 11.6. The molecule has 0 amide bonds. The van der Waals surface area contributed by atoms with Gasteiger partial charge in [0, 0.05) is 5.02 Å². The van der Waals surface area contributed by atoms with Gasteiger partial charge in [-0.2, -0.15) is 0 Å². The lowest BCUT2D eigenvalue weighted by molar-refractivity contribution is -0.231. The van der Waals surface area contributed by atoms with E-state index in [-0.39, 0.29) is 5.75 Å². The van der Waals surface area contributed by atoms with Gasteiger partial charge in [0.15, 0.2) is 0 Å². The molecule has 1 saturated heterocycles. The highest BCUT2D eigenvalue weighted by molar-refractivity contribution is 6.31. The van der Waals surface area contributed by atoms with Crippen molar-refractivity contribution in [3.63, 3.8) is 0 Å². The Morgan fingerprint density at radius 2 is 1.81 bits per heavy atom. The van der Waals surface area contributed by atoms with Crippen molar-refractivity contribution >= 4 is 11.6 Å². The number of rotatable bonds is 5. The molecule has 3 rings (SSSR count). The fourth-order valence-corrected chi connectivity index (χ4v) is 3.36. The summed E-state index contributed by atoms with van der Waals surface area (Å²) in [5.41, 5.74) is 2.10. The predicted octanol–water partition coefficient (Wildman–Crippen LogP) is 1.45. The van der Waals surface area contributed by atoms with E-state index in [9.17, 15) is 20.4 Å². The SMILES string of the molecule is [2H]C([2H])([2H])Oc1ccc(Cc2cc([C@@H]3O[C@H](CO)[C@@H](O)[C@H](O)[C@H]3O)ccc2Cl)cc1. The lowest BCUT2D eigenvalue weighted by Crippen LogP contribution is -2.55. The fourth-order valence-electron chi connectivity index (χ4n) is 3.18. The fraction of sp³-hybridized carbons (Fsp3) is 0.400. The molecule has 2 aromatic rings. The third-order valence-corrected chi connectivity index (χ3v) is 5.10. The average Bonchev–Trinajstić information content (AvgIpc) is 2.69. The first-order valence-corrected chi connectivity index (χ1v) is 8.83. The predicted molar refractivity (Wildman–Crippen MR) is 100.0 cm³/mol. The van der Waals surface area contributed by atoms with Gasteiger partial charge >= 0.3 is 0 Å². The number of benzene rings is 2.